The number of halogens is 6. The van der Waals surface area contributed by atoms with E-state index >= 15 is 0 Å². The van der Waals surface area contributed by atoms with Gasteiger partial charge in [-0.15, -0.1) is 23.5 Å². The van der Waals surface area contributed by atoms with Crippen LogP contribution >= 0.6 is 93.1 Å². The highest BCUT2D eigenvalue weighted by Gasteiger charge is 2.46. The van der Waals surface area contributed by atoms with Crippen LogP contribution in [0.25, 0.3) is 10.9 Å². The lowest BCUT2D eigenvalue weighted by molar-refractivity contribution is 0.0882. The molecule has 268 valence electrons. The number of anilines is 1. The molecule has 0 fully saturated rings. The maximum atomic E-state index is 14.2. The number of imide groups is 1. The third kappa shape index (κ3) is 6.12. The number of aromatic nitrogens is 1. The first-order chi connectivity index (χ1) is 26.0. The number of carbonyl (C=O) groups excluding carboxylic acids is 4. The molecule has 54 heavy (non-hydrogen) atoms. The molecule has 0 saturated carbocycles. The van der Waals surface area contributed by atoms with Crippen molar-refractivity contribution in [3.8, 4) is 0 Å². The third-order valence-electron chi connectivity index (χ3n) is 9.12. The van der Waals surface area contributed by atoms with Gasteiger partial charge in [0, 0.05) is 26.7 Å². The van der Waals surface area contributed by atoms with Crippen LogP contribution in [0.1, 0.15) is 64.2 Å². The molecule has 0 saturated heterocycles. The van der Waals surface area contributed by atoms with Gasteiger partial charge < -0.3 is 0 Å². The fourth-order valence-electron chi connectivity index (χ4n) is 6.55. The molecule has 1 aliphatic heterocycles. The average molecular weight is 869 g/mol. The van der Waals surface area contributed by atoms with E-state index in [2.05, 4.69) is 0 Å². The number of para-hydroxylation sites is 1. The van der Waals surface area contributed by atoms with Gasteiger partial charge in [0.1, 0.15) is 5.92 Å². The van der Waals surface area contributed by atoms with Gasteiger partial charge in [0.15, 0.2) is 11.6 Å². The normalized spacial score (nSPS) is 15.1. The maximum Gasteiger partial charge on any atom is 0.267 e. The van der Waals surface area contributed by atoms with Gasteiger partial charge in [-0.2, -0.15) is 0 Å². The van der Waals surface area contributed by atoms with Crippen molar-refractivity contribution in [1.29, 1.82) is 0 Å². The Morgan fingerprint density at radius 1 is 0.519 bits per heavy atom. The minimum absolute atomic E-state index is 0.00342. The Morgan fingerprint density at radius 2 is 1.00 bits per heavy atom. The first-order valence-corrected chi connectivity index (χ1v) is 20.3. The highest BCUT2D eigenvalue weighted by Crippen LogP contribution is 2.51. The molecule has 8 rings (SSSR count). The molecule has 2 amide bonds. The van der Waals surface area contributed by atoms with Gasteiger partial charge in [0.2, 0.25) is 0 Å². The predicted octanol–water partition coefficient (Wildman–Crippen LogP) is 12.7. The Bertz CT molecular complexity index is 2620. The van der Waals surface area contributed by atoms with Crippen LogP contribution in [0.3, 0.4) is 0 Å². The third-order valence-corrected chi connectivity index (χ3v) is 14.4. The van der Waals surface area contributed by atoms with E-state index in [4.69, 9.17) is 74.6 Å². The van der Waals surface area contributed by atoms with Gasteiger partial charge in [0.05, 0.1) is 69.3 Å². The SMILES string of the molecule is O=C1c2c(Cl)c(Cl)c(SCc3ccccc3)c(Cl)c2C(=O)C1c1ccc2cccc(N3C(=O)c4c(Cl)c(Cl)c(SCc5ccccc5)c(Cl)c4C3=O)c2n1. The van der Waals surface area contributed by atoms with E-state index in [0.717, 1.165) is 16.0 Å². The molecule has 1 unspecified atom stereocenters. The molecule has 0 radical (unpaired) electrons. The second-order valence-electron chi connectivity index (χ2n) is 12.3. The molecular formula is C40H20Cl6N2O4S2. The summed E-state index contributed by atoms with van der Waals surface area (Å²) in [6, 6.07) is 27.3. The van der Waals surface area contributed by atoms with Crippen LogP contribution in [0, 0.1) is 0 Å². The fourth-order valence-corrected chi connectivity index (χ4v) is 10.8. The Balaban J connectivity index is 1.16. The molecule has 1 aromatic heterocycles. The highest BCUT2D eigenvalue weighted by atomic mass is 35.5. The largest absolute Gasteiger partial charge is 0.293 e. The van der Waals surface area contributed by atoms with E-state index < -0.39 is 29.3 Å². The number of rotatable bonds is 8. The quantitative estimate of drug-likeness (QED) is 0.0652. The number of carbonyl (C=O) groups is 4. The summed E-state index contributed by atoms with van der Waals surface area (Å²) in [5.41, 5.74) is 1.99. The molecule has 0 spiro atoms. The second-order valence-corrected chi connectivity index (χ2v) is 16.5. The van der Waals surface area contributed by atoms with E-state index in [0.29, 0.717) is 26.7 Å². The minimum atomic E-state index is -1.41. The van der Waals surface area contributed by atoms with Crippen LogP contribution in [-0.2, 0) is 11.5 Å². The zero-order valence-electron chi connectivity index (χ0n) is 27.3. The van der Waals surface area contributed by atoms with Crippen molar-refractivity contribution >= 4 is 133 Å². The monoisotopic (exact) mass is 866 g/mol. The number of benzene rings is 5. The number of ketones is 2. The van der Waals surface area contributed by atoms with E-state index in [1.54, 1.807) is 24.3 Å². The molecule has 2 heterocycles. The Kier molecular flexibility index (Phi) is 10.3. The minimum Gasteiger partial charge on any atom is -0.293 e. The van der Waals surface area contributed by atoms with Crippen molar-refractivity contribution in [2.45, 2.75) is 27.2 Å². The molecule has 0 bridgehead atoms. The molecule has 14 heteroatoms. The van der Waals surface area contributed by atoms with E-state index in [1.165, 1.54) is 29.6 Å². The van der Waals surface area contributed by atoms with Crippen LogP contribution < -0.4 is 4.90 Å². The van der Waals surface area contributed by atoms with Crippen molar-refractivity contribution < 1.29 is 19.2 Å². The van der Waals surface area contributed by atoms with Crippen molar-refractivity contribution in [3.63, 3.8) is 0 Å². The number of amides is 2. The summed E-state index contributed by atoms with van der Waals surface area (Å²) in [5, 5.41) is 0.507. The van der Waals surface area contributed by atoms with Crippen LogP contribution in [0.2, 0.25) is 30.1 Å². The lowest BCUT2D eigenvalue weighted by Crippen LogP contribution is -2.30. The van der Waals surface area contributed by atoms with Gasteiger partial charge in [-0.1, -0.05) is 148 Å². The first kappa shape index (κ1) is 37.4. The summed E-state index contributed by atoms with van der Waals surface area (Å²) in [5.74, 6) is -3.14. The topological polar surface area (TPSA) is 84.4 Å². The molecule has 6 aromatic rings. The number of Topliss-reactive ketones (excluding diaryl/α,β-unsaturated/α-hetero) is 2. The van der Waals surface area contributed by atoms with Gasteiger partial charge in [-0.25, -0.2) is 9.88 Å². The fraction of sp³-hybridized carbons (Fsp3) is 0.0750. The van der Waals surface area contributed by atoms with Crippen molar-refractivity contribution in [1.82, 2.24) is 4.98 Å². The smallest absolute Gasteiger partial charge is 0.267 e. The van der Waals surface area contributed by atoms with E-state index in [1.807, 2.05) is 60.7 Å². The maximum absolute atomic E-state index is 14.2. The summed E-state index contributed by atoms with van der Waals surface area (Å²) in [7, 11) is 0. The van der Waals surface area contributed by atoms with Gasteiger partial charge in [-0.3, -0.25) is 19.2 Å². The lowest BCUT2D eigenvalue weighted by atomic mass is 9.98. The summed E-state index contributed by atoms with van der Waals surface area (Å²) < 4.78 is 0. The highest BCUT2D eigenvalue weighted by molar-refractivity contribution is 7.99. The van der Waals surface area contributed by atoms with Crippen LogP contribution in [0.4, 0.5) is 5.69 Å². The van der Waals surface area contributed by atoms with E-state index in [-0.39, 0.29) is 69.3 Å². The van der Waals surface area contributed by atoms with E-state index in [9.17, 15) is 19.2 Å². The lowest BCUT2D eigenvalue weighted by Gasteiger charge is -2.17. The summed E-state index contributed by atoms with van der Waals surface area (Å²) >= 11 is 42.9. The van der Waals surface area contributed by atoms with Gasteiger partial charge in [0.25, 0.3) is 11.8 Å². The molecular weight excluding hydrogens is 849 g/mol. The number of fused-ring (bicyclic) bond motifs is 3. The van der Waals surface area contributed by atoms with Crippen LogP contribution in [0.5, 0.6) is 0 Å². The summed E-state index contributed by atoms with van der Waals surface area (Å²) in [6.45, 7) is 0. The van der Waals surface area contributed by atoms with Crippen molar-refractivity contribution in [2.24, 2.45) is 0 Å². The molecule has 1 atom stereocenters. The Morgan fingerprint density at radius 3 is 1.56 bits per heavy atom. The summed E-state index contributed by atoms with van der Waals surface area (Å²) in [6.07, 6.45) is 0. The molecule has 1 aliphatic carbocycles. The zero-order valence-corrected chi connectivity index (χ0v) is 33.4. The van der Waals surface area contributed by atoms with Crippen LogP contribution in [-0.4, -0.2) is 28.4 Å². The molecule has 5 aromatic carbocycles. The Labute approximate surface area is 347 Å². The average Bonchev–Trinajstić information content (AvgIpc) is 3.60. The summed E-state index contributed by atoms with van der Waals surface area (Å²) in [4.78, 5) is 62.8. The number of pyridine rings is 1. The van der Waals surface area contributed by atoms with Gasteiger partial charge >= 0.3 is 0 Å². The first-order valence-electron chi connectivity index (χ1n) is 16.1. The molecule has 6 nitrogen and oxygen atoms in total. The predicted molar refractivity (Wildman–Crippen MR) is 219 cm³/mol. The zero-order chi connectivity index (χ0) is 38.0. The standard InChI is InChI=1S/C40H20Cl6N2O4S2/c41-28-24-25(30(43)37(32(28)45)53-16-18-8-3-1-4-9-18)36(50)23(35(24)49)21-15-14-20-12-7-13-22(34(20)47-21)48-39(51)26-27(40(48)52)31(44)38(33(46)29(26)42)54-17-19-10-5-2-6-11-19/h1-15,23H,16-17H2. The number of thioether (sulfide) groups is 2. The number of hydrogen-bond acceptors (Lipinski definition) is 7. The number of hydrogen-bond donors (Lipinski definition) is 0. The molecule has 0 N–H and O–H groups in total. The second kappa shape index (κ2) is 14.8. The number of nitrogens with zero attached hydrogens (tertiary/aromatic N) is 2. The van der Waals surface area contributed by atoms with Crippen LogP contribution in [0.15, 0.2) is 101 Å². The van der Waals surface area contributed by atoms with Gasteiger partial charge in [-0.05, 0) is 23.3 Å². The van der Waals surface area contributed by atoms with Crippen molar-refractivity contribution in [2.75, 3.05) is 4.90 Å². The van der Waals surface area contributed by atoms with Crippen molar-refractivity contribution in [3.05, 3.63) is 160 Å². The Hall–Kier alpha value is -3.57. The molecule has 2 aliphatic rings.